The Balaban J connectivity index is 3.93. The zero-order valence-electron chi connectivity index (χ0n) is 14.1. The molecule has 0 aliphatic rings. The highest BCUT2D eigenvalue weighted by Gasteiger charge is 2.16. The largest absolute Gasteiger partial charge is 0.462 e. The lowest BCUT2D eigenvalue weighted by Crippen LogP contribution is -2.42. The summed E-state index contributed by atoms with van der Waals surface area (Å²) < 4.78 is 40.2. The summed E-state index contributed by atoms with van der Waals surface area (Å²) in [5.41, 5.74) is 0. The minimum Gasteiger partial charge on any atom is -0.462 e. The van der Waals surface area contributed by atoms with E-state index in [9.17, 15) is 18.0 Å². The van der Waals surface area contributed by atoms with Gasteiger partial charge >= 0.3 is 11.9 Å². The molecule has 0 spiro atoms. The van der Waals surface area contributed by atoms with E-state index in [1.807, 2.05) is 14.1 Å². The summed E-state index contributed by atoms with van der Waals surface area (Å²) in [4.78, 5) is 22.5. The molecule has 0 aromatic rings. The number of ether oxygens (including phenoxy) is 2. The average molecular weight is 364 g/mol. The first-order valence-corrected chi connectivity index (χ1v) is 9.06. The molecule has 0 aliphatic carbocycles. The molecule has 0 amide bonds. The third-order valence-corrected chi connectivity index (χ3v) is 3.82. The number of hydrogen-bond acceptors (Lipinski definition) is 6. The molecule has 0 saturated carbocycles. The molecule has 0 aromatic heterocycles. The van der Waals surface area contributed by atoms with Gasteiger partial charge < -0.3 is 14.0 Å². The summed E-state index contributed by atoms with van der Waals surface area (Å²) >= 11 is 0. The predicted molar refractivity (Wildman–Crippen MR) is 88.7 cm³/mol. The Morgan fingerprint density at radius 2 is 1.62 bits per heavy atom. The Hall–Kier alpha value is -1.71. The van der Waals surface area contributed by atoms with Crippen molar-refractivity contribution < 1.29 is 36.5 Å². The molecular formula is C15H26NO7S+. The van der Waals surface area contributed by atoms with Gasteiger partial charge in [0.2, 0.25) is 0 Å². The second kappa shape index (κ2) is 11.0. The van der Waals surface area contributed by atoms with Crippen molar-refractivity contribution in [3.63, 3.8) is 0 Å². The quantitative estimate of drug-likeness (QED) is 0.135. The number of hydrogen-bond donors (Lipinski definition) is 1. The van der Waals surface area contributed by atoms with Crippen molar-refractivity contribution in [1.82, 2.24) is 0 Å². The van der Waals surface area contributed by atoms with Crippen LogP contribution in [0.3, 0.4) is 0 Å². The fraction of sp³-hybridized carbons (Fsp3) is 0.600. The molecule has 0 atom stereocenters. The van der Waals surface area contributed by atoms with Crippen LogP contribution in [-0.2, 0) is 29.2 Å². The molecule has 1 N–H and O–H groups in total. The lowest BCUT2D eigenvalue weighted by molar-refractivity contribution is -0.890. The molecule has 9 heteroatoms. The van der Waals surface area contributed by atoms with E-state index in [0.29, 0.717) is 30.4 Å². The van der Waals surface area contributed by atoms with E-state index in [1.54, 1.807) is 0 Å². The van der Waals surface area contributed by atoms with Crippen molar-refractivity contribution in [1.29, 1.82) is 0 Å². The second-order valence-electron chi connectivity index (χ2n) is 5.80. The third kappa shape index (κ3) is 13.9. The van der Waals surface area contributed by atoms with Crippen molar-refractivity contribution in [3.05, 3.63) is 24.8 Å². The van der Waals surface area contributed by atoms with Crippen LogP contribution in [0.4, 0.5) is 0 Å². The number of carbonyl (C=O) groups excluding carboxylic acids is 2. The van der Waals surface area contributed by atoms with Crippen molar-refractivity contribution in [2.45, 2.75) is 12.8 Å². The maximum absolute atomic E-state index is 11.4. The van der Waals surface area contributed by atoms with Gasteiger partial charge in [-0.2, -0.15) is 8.42 Å². The second-order valence-corrected chi connectivity index (χ2v) is 7.37. The lowest BCUT2D eigenvalue weighted by atomic mass is 10.3. The SMILES string of the molecule is C=CCOC(=O)/C=C\C(=O)OCCC[N+](C)(C)CCCS(=O)(=O)O. The molecule has 0 aromatic carbocycles. The maximum atomic E-state index is 11.4. The van der Waals surface area contributed by atoms with Gasteiger partial charge in [0.25, 0.3) is 10.1 Å². The van der Waals surface area contributed by atoms with Gasteiger partial charge in [0, 0.05) is 25.0 Å². The average Bonchev–Trinajstić information content (AvgIpc) is 2.45. The summed E-state index contributed by atoms with van der Waals surface area (Å²) in [7, 11) is -0.0965. The van der Waals surface area contributed by atoms with Crippen LogP contribution in [0.15, 0.2) is 24.8 Å². The molecule has 138 valence electrons. The minimum atomic E-state index is -3.93. The van der Waals surface area contributed by atoms with Gasteiger partial charge in [0.05, 0.1) is 39.5 Å². The van der Waals surface area contributed by atoms with Crippen LogP contribution in [0.5, 0.6) is 0 Å². The number of esters is 2. The molecule has 0 bridgehead atoms. The first-order chi connectivity index (χ1) is 11.1. The maximum Gasteiger partial charge on any atom is 0.331 e. The van der Waals surface area contributed by atoms with Crippen LogP contribution in [0, 0.1) is 0 Å². The summed E-state index contributed by atoms with van der Waals surface area (Å²) in [6, 6.07) is 0. The predicted octanol–water partition coefficient (Wildman–Crippen LogP) is 0.559. The summed E-state index contributed by atoms with van der Waals surface area (Å²) in [5, 5.41) is 0. The molecule has 0 rings (SSSR count). The molecule has 0 fully saturated rings. The first-order valence-electron chi connectivity index (χ1n) is 7.45. The van der Waals surface area contributed by atoms with Gasteiger partial charge in [-0.15, -0.1) is 0 Å². The zero-order valence-corrected chi connectivity index (χ0v) is 15.0. The van der Waals surface area contributed by atoms with Crippen molar-refractivity contribution in [2.24, 2.45) is 0 Å². The first kappa shape index (κ1) is 22.3. The van der Waals surface area contributed by atoms with Crippen molar-refractivity contribution >= 4 is 22.1 Å². The Bertz CT molecular complexity index is 552. The topological polar surface area (TPSA) is 107 Å². The van der Waals surface area contributed by atoms with Gasteiger partial charge in [0.1, 0.15) is 6.61 Å². The Morgan fingerprint density at radius 3 is 2.17 bits per heavy atom. The normalized spacial score (nSPS) is 12.1. The monoisotopic (exact) mass is 364 g/mol. The third-order valence-electron chi connectivity index (χ3n) is 3.02. The van der Waals surface area contributed by atoms with Gasteiger partial charge in [-0.3, -0.25) is 4.55 Å². The Labute approximate surface area is 143 Å². The zero-order chi connectivity index (χ0) is 18.6. The molecular weight excluding hydrogens is 338 g/mol. The minimum absolute atomic E-state index is 0.0722. The van der Waals surface area contributed by atoms with E-state index in [0.717, 1.165) is 12.2 Å². The van der Waals surface area contributed by atoms with Crippen LogP contribution >= 0.6 is 0 Å². The van der Waals surface area contributed by atoms with Crippen LogP contribution < -0.4 is 0 Å². The van der Waals surface area contributed by atoms with Gasteiger partial charge in [-0.25, -0.2) is 9.59 Å². The van der Waals surface area contributed by atoms with Gasteiger partial charge in [0.15, 0.2) is 0 Å². The van der Waals surface area contributed by atoms with E-state index in [4.69, 9.17) is 9.29 Å². The molecule has 0 heterocycles. The van der Waals surface area contributed by atoms with E-state index >= 15 is 0 Å². The summed E-state index contributed by atoms with van der Waals surface area (Å²) in [6.45, 7) is 4.89. The fourth-order valence-electron chi connectivity index (χ4n) is 1.83. The Morgan fingerprint density at radius 1 is 1.08 bits per heavy atom. The standard InChI is InChI=1S/C15H25NO7S/c1-4-11-22-14(17)7-8-15(18)23-12-5-9-16(2,3)10-6-13-24(19,20)21/h4,7-8H,1,5-6,9-13H2,2-3H3/p+1/b8-7-. The van der Waals surface area contributed by atoms with Crippen LogP contribution in [0.25, 0.3) is 0 Å². The number of nitrogens with zero attached hydrogens (tertiary/aromatic N) is 1. The number of rotatable bonds is 12. The molecule has 0 radical (unpaired) electrons. The lowest BCUT2D eigenvalue weighted by Gasteiger charge is -2.29. The number of quaternary nitrogens is 1. The summed E-state index contributed by atoms with van der Waals surface area (Å²) in [6.07, 6.45) is 4.33. The fourth-order valence-corrected chi connectivity index (χ4v) is 2.32. The van der Waals surface area contributed by atoms with E-state index < -0.39 is 22.1 Å². The highest BCUT2D eigenvalue weighted by Crippen LogP contribution is 2.03. The summed E-state index contributed by atoms with van der Waals surface area (Å²) in [5.74, 6) is -1.55. The number of carbonyl (C=O) groups is 2. The van der Waals surface area contributed by atoms with E-state index in [2.05, 4.69) is 11.3 Å². The molecule has 24 heavy (non-hydrogen) atoms. The highest BCUT2D eigenvalue weighted by molar-refractivity contribution is 7.85. The Kier molecular flexibility index (Phi) is 10.2. The molecule has 0 saturated heterocycles. The molecule has 0 unspecified atom stereocenters. The van der Waals surface area contributed by atoms with Gasteiger partial charge in [-0.1, -0.05) is 12.7 Å². The molecule has 0 aliphatic heterocycles. The van der Waals surface area contributed by atoms with Gasteiger partial charge in [-0.05, 0) is 0 Å². The van der Waals surface area contributed by atoms with Crippen molar-refractivity contribution in [3.8, 4) is 0 Å². The van der Waals surface area contributed by atoms with E-state index in [1.165, 1.54) is 6.08 Å². The van der Waals surface area contributed by atoms with Crippen LogP contribution in [0.2, 0.25) is 0 Å². The smallest absolute Gasteiger partial charge is 0.331 e. The highest BCUT2D eigenvalue weighted by atomic mass is 32.2. The molecule has 8 nitrogen and oxygen atoms in total. The van der Waals surface area contributed by atoms with Crippen LogP contribution in [-0.4, -0.2) is 75.5 Å². The van der Waals surface area contributed by atoms with E-state index in [-0.39, 0.29) is 19.0 Å². The van der Waals surface area contributed by atoms with Crippen molar-refractivity contribution in [2.75, 3.05) is 46.2 Å². The van der Waals surface area contributed by atoms with Crippen LogP contribution in [0.1, 0.15) is 12.8 Å².